The minimum Gasteiger partial charge on any atom is -0.389 e. The van der Waals surface area contributed by atoms with Crippen molar-refractivity contribution in [2.75, 3.05) is 45.9 Å². The summed E-state index contributed by atoms with van der Waals surface area (Å²) in [4.78, 5) is 16.0. The molecule has 1 amide bonds. The van der Waals surface area contributed by atoms with Gasteiger partial charge in [0.05, 0.1) is 18.8 Å². The van der Waals surface area contributed by atoms with Crippen LogP contribution in [0.25, 0.3) is 0 Å². The van der Waals surface area contributed by atoms with Gasteiger partial charge in [0.25, 0.3) is 0 Å². The number of carbonyl (C=O) groups excluding carboxylic acids is 1. The van der Waals surface area contributed by atoms with Crippen LogP contribution in [0.15, 0.2) is 0 Å². The van der Waals surface area contributed by atoms with Gasteiger partial charge in [-0.05, 0) is 33.4 Å². The Bertz CT molecular complexity index is 270. The van der Waals surface area contributed by atoms with E-state index in [1.807, 2.05) is 18.7 Å². The molecule has 0 atom stereocenters. The van der Waals surface area contributed by atoms with Gasteiger partial charge in [-0.25, -0.2) is 0 Å². The van der Waals surface area contributed by atoms with E-state index in [9.17, 15) is 9.90 Å². The summed E-state index contributed by atoms with van der Waals surface area (Å²) in [6, 6.07) is 0. The molecule has 5 heteroatoms. The standard InChI is InChI=1S/C14H28N2O3/c1-4-15(12-14(2,3)18)7-5-6-13(17)16-8-10-19-11-9-16/h18H,4-12H2,1-3H3. The van der Waals surface area contributed by atoms with Gasteiger partial charge < -0.3 is 19.6 Å². The Balaban J connectivity index is 2.22. The number of likely N-dealkylation sites (N-methyl/N-ethyl adjacent to an activating group) is 1. The van der Waals surface area contributed by atoms with Crippen LogP contribution in [0.4, 0.5) is 0 Å². The smallest absolute Gasteiger partial charge is 0.222 e. The molecule has 1 aliphatic heterocycles. The molecule has 1 heterocycles. The molecule has 0 saturated carbocycles. The summed E-state index contributed by atoms with van der Waals surface area (Å²) in [5.74, 6) is 0.225. The largest absolute Gasteiger partial charge is 0.389 e. The van der Waals surface area contributed by atoms with Gasteiger partial charge >= 0.3 is 0 Å². The van der Waals surface area contributed by atoms with Crippen molar-refractivity contribution in [3.63, 3.8) is 0 Å². The predicted molar refractivity (Wildman–Crippen MR) is 75.0 cm³/mol. The summed E-state index contributed by atoms with van der Waals surface area (Å²) in [6.07, 6.45) is 1.43. The molecule has 1 N–H and O–H groups in total. The highest BCUT2D eigenvalue weighted by Gasteiger charge is 2.19. The predicted octanol–water partition coefficient (Wildman–Crippen LogP) is 0.718. The van der Waals surface area contributed by atoms with Gasteiger partial charge in [-0.15, -0.1) is 0 Å². The van der Waals surface area contributed by atoms with E-state index in [1.54, 1.807) is 0 Å². The van der Waals surface area contributed by atoms with Crippen LogP contribution < -0.4 is 0 Å². The Morgan fingerprint density at radius 1 is 1.37 bits per heavy atom. The topological polar surface area (TPSA) is 53.0 Å². The maximum Gasteiger partial charge on any atom is 0.222 e. The molecule has 19 heavy (non-hydrogen) atoms. The minimum atomic E-state index is -0.676. The second-order valence-corrected chi connectivity index (χ2v) is 5.78. The molecule has 0 spiro atoms. The molecule has 0 aromatic heterocycles. The molecule has 1 aliphatic rings. The van der Waals surface area contributed by atoms with Crippen molar-refractivity contribution in [1.29, 1.82) is 0 Å². The van der Waals surface area contributed by atoms with Crippen molar-refractivity contribution in [3.05, 3.63) is 0 Å². The number of ether oxygens (including phenoxy) is 1. The van der Waals surface area contributed by atoms with Crippen LogP contribution in [0.1, 0.15) is 33.6 Å². The Kier molecular flexibility index (Phi) is 6.75. The quantitative estimate of drug-likeness (QED) is 0.742. The second kappa shape index (κ2) is 7.82. The van der Waals surface area contributed by atoms with E-state index >= 15 is 0 Å². The number of morpholine rings is 1. The third-order valence-corrected chi connectivity index (χ3v) is 3.29. The lowest BCUT2D eigenvalue weighted by molar-refractivity contribution is -0.135. The lowest BCUT2D eigenvalue weighted by atomic mass is 10.1. The lowest BCUT2D eigenvalue weighted by Gasteiger charge is -2.29. The number of nitrogens with zero attached hydrogens (tertiary/aromatic N) is 2. The monoisotopic (exact) mass is 272 g/mol. The summed E-state index contributed by atoms with van der Waals surface area (Å²) in [6.45, 7) is 10.9. The summed E-state index contributed by atoms with van der Waals surface area (Å²) < 4.78 is 5.23. The molecular formula is C14H28N2O3. The molecule has 1 rings (SSSR count). The van der Waals surface area contributed by atoms with Crippen LogP contribution in [-0.2, 0) is 9.53 Å². The Labute approximate surface area is 116 Å². The van der Waals surface area contributed by atoms with Gasteiger partial charge in [0, 0.05) is 26.1 Å². The fraction of sp³-hybridized carbons (Fsp3) is 0.929. The number of rotatable bonds is 7. The van der Waals surface area contributed by atoms with Crippen LogP contribution in [0.3, 0.4) is 0 Å². The van der Waals surface area contributed by atoms with Gasteiger partial charge in [-0.1, -0.05) is 6.92 Å². The molecule has 0 aliphatic carbocycles. The summed E-state index contributed by atoms with van der Waals surface area (Å²) in [5, 5.41) is 9.80. The highest BCUT2D eigenvalue weighted by molar-refractivity contribution is 5.76. The fourth-order valence-corrected chi connectivity index (χ4v) is 2.32. The van der Waals surface area contributed by atoms with E-state index in [0.717, 1.165) is 32.6 Å². The molecule has 0 radical (unpaired) electrons. The number of aliphatic hydroxyl groups is 1. The maximum atomic E-state index is 12.0. The lowest BCUT2D eigenvalue weighted by Crippen LogP contribution is -2.41. The van der Waals surface area contributed by atoms with E-state index in [2.05, 4.69) is 11.8 Å². The summed E-state index contributed by atoms with van der Waals surface area (Å²) in [5.41, 5.74) is -0.676. The second-order valence-electron chi connectivity index (χ2n) is 5.78. The van der Waals surface area contributed by atoms with Crippen LogP contribution in [0.5, 0.6) is 0 Å². The van der Waals surface area contributed by atoms with Gasteiger partial charge in [0.2, 0.25) is 5.91 Å². The normalized spacial score (nSPS) is 17.0. The van der Waals surface area contributed by atoms with Crippen LogP contribution in [0, 0.1) is 0 Å². The average molecular weight is 272 g/mol. The van der Waals surface area contributed by atoms with E-state index in [-0.39, 0.29) is 5.91 Å². The van der Waals surface area contributed by atoms with E-state index in [0.29, 0.717) is 26.2 Å². The zero-order valence-electron chi connectivity index (χ0n) is 12.5. The Hall–Kier alpha value is -0.650. The first-order valence-corrected chi connectivity index (χ1v) is 7.22. The highest BCUT2D eigenvalue weighted by Crippen LogP contribution is 2.07. The summed E-state index contributed by atoms with van der Waals surface area (Å²) in [7, 11) is 0. The van der Waals surface area contributed by atoms with E-state index in [4.69, 9.17) is 4.74 Å². The van der Waals surface area contributed by atoms with Crippen LogP contribution in [0.2, 0.25) is 0 Å². The third-order valence-electron chi connectivity index (χ3n) is 3.29. The summed E-state index contributed by atoms with van der Waals surface area (Å²) >= 11 is 0. The molecule has 1 saturated heterocycles. The van der Waals surface area contributed by atoms with Gasteiger partial charge in [-0.3, -0.25) is 4.79 Å². The van der Waals surface area contributed by atoms with Crippen molar-refractivity contribution in [3.8, 4) is 0 Å². The highest BCUT2D eigenvalue weighted by atomic mass is 16.5. The molecule has 0 bridgehead atoms. The fourth-order valence-electron chi connectivity index (χ4n) is 2.32. The molecule has 1 fully saturated rings. The number of hydrogen-bond donors (Lipinski definition) is 1. The average Bonchev–Trinajstić information content (AvgIpc) is 2.37. The van der Waals surface area contributed by atoms with Crippen molar-refractivity contribution in [1.82, 2.24) is 9.80 Å². The van der Waals surface area contributed by atoms with Crippen LogP contribution in [-0.4, -0.2) is 72.4 Å². The van der Waals surface area contributed by atoms with Gasteiger partial charge in [0.15, 0.2) is 0 Å². The zero-order valence-corrected chi connectivity index (χ0v) is 12.5. The molecule has 0 aromatic rings. The van der Waals surface area contributed by atoms with Crippen molar-refractivity contribution >= 4 is 5.91 Å². The van der Waals surface area contributed by atoms with Gasteiger partial charge in [-0.2, -0.15) is 0 Å². The van der Waals surface area contributed by atoms with Gasteiger partial charge in [0.1, 0.15) is 0 Å². The molecule has 5 nitrogen and oxygen atoms in total. The molecule has 0 aromatic carbocycles. The zero-order chi connectivity index (χ0) is 14.3. The SMILES string of the molecule is CCN(CCCC(=O)N1CCOCC1)CC(C)(C)O. The Morgan fingerprint density at radius 2 is 2.00 bits per heavy atom. The number of carbonyl (C=O) groups is 1. The Morgan fingerprint density at radius 3 is 2.53 bits per heavy atom. The molecule has 112 valence electrons. The van der Waals surface area contributed by atoms with Crippen LogP contribution >= 0.6 is 0 Å². The van der Waals surface area contributed by atoms with Crippen molar-refractivity contribution < 1.29 is 14.6 Å². The number of hydrogen-bond acceptors (Lipinski definition) is 4. The first kappa shape index (κ1) is 16.4. The minimum absolute atomic E-state index is 0.225. The first-order chi connectivity index (χ1) is 8.92. The maximum absolute atomic E-state index is 12.0. The first-order valence-electron chi connectivity index (χ1n) is 7.22. The number of amides is 1. The van der Waals surface area contributed by atoms with E-state index in [1.165, 1.54) is 0 Å². The van der Waals surface area contributed by atoms with Crippen molar-refractivity contribution in [2.24, 2.45) is 0 Å². The molecular weight excluding hydrogens is 244 g/mol. The van der Waals surface area contributed by atoms with E-state index < -0.39 is 5.60 Å². The van der Waals surface area contributed by atoms with Crippen molar-refractivity contribution in [2.45, 2.75) is 39.2 Å². The third kappa shape index (κ3) is 6.89. The molecule has 0 unspecified atom stereocenters.